The van der Waals surface area contributed by atoms with Gasteiger partial charge in [0.05, 0.1) is 5.71 Å². The molecule has 2 aliphatic heterocycles. The maximum atomic E-state index is 12.6. The SMILES string of the molecule is CCC1=C2CCCc3c(CCC(=O)O)/c(=C\c4[nH]c5c(c4CCC(=O)O)CCCC4=C(CC)C(=O)N/C4=C/5)[nH]/c3=C/C2=NC1=O. The summed E-state index contributed by atoms with van der Waals surface area (Å²) < 4.78 is 0. The number of carboxylic acids is 2. The fraction of sp³-hybridized carbons (Fsp3) is 0.400. The van der Waals surface area contributed by atoms with E-state index in [-0.39, 0.29) is 24.7 Å². The Morgan fingerprint density at radius 1 is 0.844 bits per heavy atom. The van der Waals surface area contributed by atoms with Gasteiger partial charge in [0.1, 0.15) is 0 Å². The molecule has 4 heterocycles. The maximum absolute atomic E-state index is 12.6. The normalized spacial score (nSPS) is 20.0. The van der Waals surface area contributed by atoms with E-state index in [0.29, 0.717) is 31.4 Å². The average Bonchev–Trinajstić information content (AvgIpc) is 3.65. The van der Waals surface area contributed by atoms with Crippen LogP contribution in [0.1, 0.15) is 98.9 Å². The van der Waals surface area contributed by atoms with Gasteiger partial charge in [-0.15, -0.1) is 0 Å². The summed E-state index contributed by atoms with van der Waals surface area (Å²) in [5.74, 6) is -2.02. The number of carboxylic acid groups (broad SMARTS) is 2. The van der Waals surface area contributed by atoms with Crippen LogP contribution in [0.3, 0.4) is 0 Å². The molecule has 0 fully saturated rings. The van der Waals surface area contributed by atoms with Crippen molar-refractivity contribution < 1.29 is 29.4 Å². The highest BCUT2D eigenvalue weighted by Crippen LogP contribution is 2.35. The number of rotatable bonds is 9. The first-order chi connectivity index (χ1) is 21.7. The molecule has 234 valence electrons. The molecule has 45 heavy (non-hydrogen) atoms. The molecule has 0 saturated carbocycles. The predicted molar refractivity (Wildman–Crippen MR) is 170 cm³/mol. The van der Waals surface area contributed by atoms with Crippen LogP contribution in [-0.2, 0) is 44.9 Å². The Bertz CT molecular complexity index is 1890. The topological polar surface area (TPSA) is 165 Å². The summed E-state index contributed by atoms with van der Waals surface area (Å²) in [6, 6.07) is 0. The number of fused-ring (bicyclic) bond motifs is 4. The van der Waals surface area contributed by atoms with Crippen molar-refractivity contribution in [2.75, 3.05) is 0 Å². The molecule has 2 amide bonds. The van der Waals surface area contributed by atoms with Crippen LogP contribution in [0.15, 0.2) is 33.0 Å². The van der Waals surface area contributed by atoms with Gasteiger partial charge < -0.3 is 25.5 Å². The fourth-order valence-electron chi connectivity index (χ4n) is 7.30. The van der Waals surface area contributed by atoms with E-state index in [4.69, 9.17) is 0 Å². The number of H-pyrrole nitrogens is 2. The van der Waals surface area contributed by atoms with Gasteiger partial charge in [0, 0.05) is 51.8 Å². The minimum absolute atomic E-state index is 0.0345. The standard InChI is InChI=1S/C35H38N4O6/c1-3-18-20-7-5-9-22-24(11-13-32(40)41)28(36-26(22)16-30(20)38-34(18)44)15-29-25(12-14-33(42)43)23-10-6-8-21-19(4-2)35(45)39-31(21)17-27(23)37-29/h15-17,36-37H,3-14H2,1-2H3,(H,38,44)(H,40,41)(H,42,43)/b27-17+,29-15+,30-16+. The monoisotopic (exact) mass is 610 g/mol. The molecule has 2 aromatic rings. The van der Waals surface area contributed by atoms with Crippen molar-refractivity contribution in [2.45, 2.75) is 90.9 Å². The van der Waals surface area contributed by atoms with E-state index in [0.717, 1.165) is 111 Å². The number of carbonyl (C=O) groups is 4. The zero-order chi connectivity index (χ0) is 31.8. The molecule has 6 rings (SSSR count). The summed E-state index contributed by atoms with van der Waals surface area (Å²) in [5, 5.41) is 23.7. The van der Waals surface area contributed by atoms with Gasteiger partial charge in [-0.1, -0.05) is 13.8 Å². The number of aromatic amines is 2. The molecule has 2 aromatic heterocycles. The van der Waals surface area contributed by atoms with Gasteiger partial charge in [0.15, 0.2) is 0 Å². The van der Waals surface area contributed by atoms with Gasteiger partial charge in [0.2, 0.25) is 0 Å². The van der Waals surface area contributed by atoms with Crippen LogP contribution in [-0.4, -0.2) is 49.6 Å². The van der Waals surface area contributed by atoms with Crippen LogP contribution in [0, 0.1) is 0 Å². The number of nitrogens with one attached hydrogen (secondary N) is 3. The smallest absolute Gasteiger partial charge is 0.303 e. The minimum atomic E-state index is -0.889. The number of carbonyl (C=O) groups excluding carboxylic acids is 2. The summed E-state index contributed by atoms with van der Waals surface area (Å²) in [4.78, 5) is 60.0. The van der Waals surface area contributed by atoms with Gasteiger partial charge in [-0.05, 0) is 116 Å². The Labute approximate surface area is 260 Å². The molecular weight excluding hydrogens is 572 g/mol. The second-order valence-electron chi connectivity index (χ2n) is 12.0. The number of amides is 2. The van der Waals surface area contributed by atoms with Gasteiger partial charge in [-0.2, -0.15) is 0 Å². The van der Waals surface area contributed by atoms with Crippen molar-refractivity contribution in [3.63, 3.8) is 0 Å². The number of aliphatic carboxylic acids is 2. The zero-order valence-electron chi connectivity index (χ0n) is 25.7. The lowest BCUT2D eigenvalue weighted by Crippen LogP contribution is -2.17. The summed E-state index contributed by atoms with van der Waals surface area (Å²) in [7, 11) is 0. The van der Waals surface area contributed by atoms with E-state index < -0.39 is 11.9 Å². The Morgan fingerprint density at radius 3 is 2.20 bits per heavy atom. The Morgan fingerprint density at radius 2 is 1.51 bits per heavy atom. The molecule has 10 heteroatoms. The summed E-state index contributed by atoms with van der Waals surface area (Å²) in [5.41, 5.74) is 10.6. The number of hydrogen-bond donors (Lipinski definition) is 5. The summed E-state index contributed by atoms with van der Waals surface area (Å²) in [6.45, 7) is 3.95. The molecule has 0 saturated heterocycles. The van der Waals surface area contributed by atoms with Crippen molar-refractivity contribution >= 4 is 47.7 Å². The van der Waals surface area contributed by atoms with E-state index in [1.807, 2.05) is 32.1 Å². The molecular formula is C35H38N4O6. The highest BCUT2D eigenvalue weighted by atomic mass is 16.4. The first kappa shape index (κ1) is 30.3. The van der Waals surface area contributed by atoms with E-state index in [1.54, 1.807) is 0 Å². The lowest BCUT2D eigenvalue weighted by molar-refractivity contribution is -0.138. The van der Waals surface area contributed by atoms with Crippen molar-refractivity contribution in [1.29, 1.82) is 0 Å². The fourth-order valence-corrected chi connectivity index (χ4v) is 7.30. The van der Waals surface area contributed by atoms with Gasteiger partial charge in [-0.25, -0.2) is 4.99 Å². The lowest BCUT2D eigenvalue weighted by atomic mass is 9.92. The Balaban J connectivity index is 1.54. The Kier molecular flexibility index (Phi) is 8.31. The Hall–Kier alpha value is -4.73. The van der Waals surface area contributed by atoms with Crippen molar-refractivity contribution in [1.82, 2.24) is 15.3 Å². The van der Waals surface area contributed by atoms with Gasteiger partial charge in [0.25, 0.3) is 11.8 Å². The minimum Gasteiger partial charge on any atom is -0.481 e. The number of hydrogen-bond acceptors (Lipinski definition) is 4. The maximum Gasteiger partial charge on any atom is 0.303 e. The number of nitrogens with zero attached hydrogens (tertiary/aromatic N) is 1. The highest BCUT2D eigenvalue weighted by molar-refractivity contribution is 6.31. The third kappa shape index (κ3) is 5.77. The van der Waals surface area contributed by atoms with Crippen molar-refractivity contribution in [2.24, 2.45) is 4.99 Å². The summed E-state index contributed by atoms with van der Waals surface area (Å²) >= 11 is 0. The average molecular weight is 611 g/mol. The molecule has 0 bridgehead atoms. The lowest BCUT2D eigenvalue weighted by Gasteiger charge is -2.12. The number of allylic oxidation sites excluding steroid dienone is 2. The van der Waals surface area contributed by atoms with Crippen LogP contribution < -0.4 is 16.0 Å². The van der Waals surface area contributed by atoms with Gasteiger partial charge in [-0.3, -0.25) is 19.2 Å². The second kappa shape index (κ2) is 12.3. The van der Waals surface area contributed by atoms with Gasteiger partial charge >= 0.3 is 11.9 Å². The molecule has 0 radical (unpaired) electrons. The van der Waals surface area contributed by atoms with E-state index in [9.17, 15) is 29.4 Å². The third-order valence-electron chi connectivity index (χ3n) is 9.38. The van der Waals surface area contributed by atoms with E-state index in [1.165, 1.54) is 0 Å². The predicted octanol–water partition coefficient (Wildman–Crippen LogP) is 3.52. The van der Waals surface area contributed by atoms with Crippen LogP contribution in [0.4, 0.5) is 0 Å². The molecule has 0 aromatic carbocycles. The largest absolute Gasteiger partial charge is 0.481 e. The van der Waals surface area contributed by atoms with Crippen molar-refractivity contribution in [3.8, 4) is 0 Å². The van der Waals surface area contributed by atoms with E-state index in [2.05, 4.69) is 20.3 Å². The number of aromatic nitrogens is 2. The molecule has 0 spiro atoms. The molecule has 2 aliphatic carbocycles. The third-order valence-corrected chi connectivity index (χ3v) is 9.38. The molecule has 5 N–H and O–H groups in total. The van der Waals surface area contributed by atoms with Crippen LogP contribution in [0.25, 0.3) is 18.2 Å². The quantitative estimate of drug-likeness (QED) is 0.292. The molecule has 10 nitrogen and oxygen atoms in total. The summed E-state index contributed by atoms with van der Waals surface area (Å²) in [6.07, 6.45) is 12.3. The molecule has 0 atom stereocenters. The zero-order valence-corrected chi connectivity index (χ0v) is 25.7. The molecule has 0 unspecified atom stereocenters. The van der Waals surface area contributed by atoms with E-state index >= 15 is 0 Å². The van der Waals surface area contributed by atoms with Crippen LogP contribution in [0.5, 0.6) is 0 Å². The van der Waals surface area contributed by atoms with Crippen molar-refractivity contribution in [3.05, 3.63) is 72.3 Å². The first-order valence-corrected chi connectivity index (χ1v) is 15.9. The first-order valence-electron chi connectivity index (χ1n) is 15.9. The molecule has 4 aliphatic rings. The highest BCUT2D eigenvalue weighted by Gasteiger charge is 2.29. The van der Waals surface area contributed by atoms with Crippen LogP contribution >= 0.6 is 0 Å². The second-order valence-corrected chi connectivity index (χ2v) is 12.0. The van der Waals surface area contributed by atoms with Crippen LogP contribution in [0.2, 0.25) is 0 Å². The number of aliphatic imine (C=N–C) groups is 1.